The predicted octanol–water partition coefficient (Wildman–Crippen LogP) is 6.24. The van der Waals surface area contributed by atoms with Gasteiger partial charge in [0.1, 0.15) is 0 Å². The summed E-state index contributed by atoms with van der Waals surface area (Å²) in [6.45, 7) is 2.55. The molecule has 0 aliphatic carbocycles. The minimum Gasteiger partial charge on any atom is -0.460 e. The Hall–Kier alpha value is -2.30. The highest BCUT2D eigenvalue weighted by Gasteiger charge is 2.21. The number of carbonyl (C=O) groups is 1. The highest BCUT2D eigenvalue weighted by Crippen LogP contribution is 2.37. The number of carbonyl (C=O) groups excluding carboxylic acids is 1. The van der Waals surface area contributed by atoms with Crippen molar-refractivity contribution in [1.29, 1.82) is 0 Å². The first-order valence-corrected chi connectivity index (χ1v) is 9.97. The van der Waals surface area contributed by atoms with Gasteiger partial charge >= 0.3 is 5.97 Å². The summed E-state index contributed by atoms with van der Waals surface area (Å²) in [6.07, 6.45) is 4.75. The Morgan fingerprint density at radius 2 is 1.64 bits per heavy atom. The van der Waals surface area contributed by atoms with Crippen LogP contribution in [0, 0.1) is 0 Å². The lowest BCUT2D eigenvalue weighted by atomic mass is 9.80. The zero-order valence-corrected chi connectivity index (χ0v) is 17.1. The second-order valence-corrected chi connectivity index (χ2v) is 7.59. The number of aromatic amines is 1. The third-order valence-electron chi connectivity index (χ3n) is 4.88. The topological polar surface area (TPSA) is 55.0 Å². The second-order valence-electron chi connectivity index (χ2n) is 6.71. The van der Waals surface area contributed by atoms with Crippen LogP contribution in [0.5, 0.6) is 0 Å². The minimum absolute atomic E-state index is 0.226. The highest BCUT2D eigenvalue weighted by atomic mass is 35.5. The summed E-state index contributed by atoms with van der Waals surface area (Å²) in [5, 5.41) is 1.44. The van der Waals surface area contributed by atoms with Crippen molar-refractivity contribution in [2.24, 2.45) is 0 Å². The van der Waals surface area contributed by atoms with Crippen molar-refractivity contribution in [1.82, 2.24) is 9.97 Å². The maximum absolute atomic E-state index is 11.9. The number of hydrogen-bond acceptors (Lipinski definition) is 3. The van der Waals surface area contributed by atoms with Gasteiger partial charge in [0.25, 0.3) is 0 Å². The highest BCUT2D eigenvalue weighted by molar-refractivity contribution is 6.30. The van der Waals surface area contributed by atoms with Crippen LogP contribution in [0.3, 0.4) is 0 Å². The number of aromatic nitrogens is 2. The fraction of sp³-hybridized carbons (Fsp3) is 0.273. The van der Waals surface area contributed by atoms with Crippen LogP contribution in [0.2, 0.25) is 10.0 Å². The van der Waals surface area contributed by atoms with E-state index in [0.29, 0.717) is 11.6 Å². The third kappa shape index (κ3) is 5.37. The van der Waals surface area contributed by atoms with Gasteiger partial charge in [0.15, 0.2) is 0 Å². The molecular weight excluding hydrogens is 395 g/mol. The van der Waals surface area contributed by atoms with Gasteiger partial charge in [-0.3, -0.25) is 0 Å². The predicted molar refractivity (Wildman–Crippen MR) is 112 cm³/mol. The van der Waals surface area contributed by atoms with Crippen molar-refractivity contribution >= 4 is 29.2 Å². The average Bonchev–Trinajstić information content (AvgIpc) is 3.24. The fourth-order valence-corrected chi connectivity index (χ4v) is 3.58. The molecule has 0 saturated heterocycles. The van der Waals surface area contributed by atoms with Gasteiger partial charge in [-0.05, 0) is 60.1 Å². The monoisotopic (exact) mass is 416 g/mol. The molecule has 0 saturated carbocycles. The number of nitrogens with zero attached hydrogens (tertiary/aromatic N) is 1. The van der Waals surface area contributed by atoms with Gasteiger partial charge in [-0.1, -0.05) is 54.4 Å². The van der Waals surface area contributed by atoms with E-state index >= 15 is 0 Å². The van der Waals surface area contributed by atoms with Gasteiger partial charge < -0.3 is 9.72 Å². The van der Waals surface area contributed by atoms with Crippen molar-refractivity contribution in [3.63, 3.8) is 0 Å². The molecular formula is C22H22Cl2N2O2. The van der Waals surface area contributed by atoms with E-state index in [0.717, 1.165) is 17.9 Å². The van der Waals surface area contributed by atoms with E-state index in [4.69, 9.17) is 27.9 Å². The number of benzene rings is 2. The molecule has 3 aromatic rings. The average molecular weight is 417 g/mol. The molecule has 0 fully saturated rings. The minimum atomic E-state index is -0.432. The van der Waals surface area contributed by atoms with E-state index < -0.39 is 5.97 Å². The number of esters is 1. The van der Waals surface area contributed by atoms with E-state index in [2.05, 4.69) is 41.2 Å². The SMILES string of the molecule is CC(c1ccc(Cl)cc1)C(CCCOC(=O)c1ncc[nH]1)c1ccc(Cl)cc1. The van der Waals surface area contributed by atoms with Crippen LogP contribution in [0.1, 0.15) is 53.3 Å². The normalized spacial score (nSPS) is 13.1. The van der Waals surface area contributed by atoms with E-state index in [1.54, 1.807) is 6.20 Å². The van der Waals surface area contributed by atoms with E-state index in [1.165, 1.54) is 17.3 Å². The Kier molecular flexibility index (Phi) is 7.12. The maximum Gasteiger partial charge on any atom is 0.374 e. The van der Waals surface area contributed by atoms with E-state index in [-0.39, 0.29) is 17.7 Å². The van der Waals surface area contributed by atoms with Gasteiger partial charge in [-0.15, -0.1) is 0 Å². The Morgan fingerprint density at radius 1 is 1.04 bits per heavy atom. The first-order chi connectivity index (χ1) is 13.5. The Balaban J connectivity index is 1.66. The molecule has 2 atom stereocenters. The molecule has 146 valence electrons. The van der Waals surface area contributed by atoms with E-state index in [1.807, 2.05) is 24.3 Å². The van der Waals surface area contributed by atoms with Gasteiger partial charge in [0.2, 0.25) is 5.82 Å². The summed E-state index contributed by atoms with van der Waals surface area (Å²) in [4.78, 5) is 18.6. The molecule has 2 aromatic carbocycles. The van der Waals surface area contributed by atoms with Crippen molar-refractivity contribution in [2.75, 3.05) is 6.61 Å². The molecule has 0 radical (unpaired) electrons. The number of imidazole rings is 1. The Labute approximate surface area is 174 Å². The smallest absolute Gasteiger partial charge is 0.374 e. The number of ether oxygens (including phenoxy) is 1. The Bertz CT molecular complexity index is 878. The first-order valence-electron chi connectivity index (χ1n) is 9.22. The lowest BCUT2D eigenvalue weighted by Gasteiger charge is -2.25. The fourth-order valence-electron chi connectivity index (χ4n) is 3.33. The largest absolute Gasteiger partial charge is 0.460 e. The van der Waals surface area contributed by atoms with Crippen LogP contribution in [-0.2, 0) is 4.74 Å². The molecule has 2 unspecified atom stereocenters. The zero-order valence-electron chi connectivity index (χ0n) is 15.6. The molecule has 4 nitrogen and oxygen atoms in total. The summed E-state index contributed by atoms with van der Waals surface area (Å²) in [5.74, 6) is 0.336. The molecule has 1 N–H and O–H groups in total. The van der Waals surface area contributed by atoms with Crippen molar-refractivity contribution in [3.8, 4) is 0 Å². The van der Waals surface area contributed by atoms with Crippen LogP contribution in [0.4, 0.5) is 0 Å². The molecule has 1 heterocycles. The molecule has 0 aliphatic rings. The number of hydrogen-bond donors (Lipinski definition) is 1. The summed E-state index contributed by atoms with van der Waals surface area (Å²) in [5.41, 5.74) is 2.43. The van der Waals surface area contributed by atoms with Gasteiger partial charge in [-0.2, -0.15) is 0 Å². The summed E-state index contributed by atoms with van der Waals surface area (Å²) >= 11 is 12.1. The standard InChI is InChI=1S/C22H22Cl2N2O2/c1-15(16-4-8-18(23)9-5-16)20(17-6-10-19(24)11-7-17)3-2-14-28-22(27)21-25-12-13-26-21/h4-13,15,20H,2-3,14H2,1H3,(H,25,26). The van der Waals surface area contributed by atoms with Gasteiger partial charge in [0.05, 0.1) is 6.61 Å². The van der Waals surface area contributed by atoms with Gasteiger partial charge in [0, 0.05) is 22.4 Å². The number of rotatable bonds is 8. The van der Waals surface area contributed by atoms with Crippen molar-refractivity contribution < 1.29 is 9.53 Å². The number of halogens is 2. The molecule has 0 bridgehead atoms. The summed E-state index contributed by atoms with van der Waals surface area (Å²) in [6, 6.07) is 15.9. The lowest BCUT2D eigenvalue weighted by molar-refractivity contribution is 0.0482. The van der Waals surface area contributed by atoms with Gasteiger partial charge in [-0.25, -0.2) is 9.78 Å². The lowest BCUT2D eigenvalue weighted by Crippen LogP contribution is -2.12. The zero-order chi connectivity index (χ0) is 19.9. The Morgan fingerprint density at radius 3 is 2.21 bits per heavy atom. The molecule has 0 amide bonds. The van der Waals surface area contributed by atoms with Crippen LogP contribution in [0.15, 0.2) is 60.9 Å². The molecule has 6 heteroatoms. The quantitative estimate of drug-likeness (QED) is 0.349. The van der Waals surface area contributed by atoms with Crippen molar-refractivity contribution in [3.05, 3.63) is 87.9 Å². The van der Waals surface area contributed by atoms with Crippen LogP contribution < -0.4 is 0 Å². The number of nitrogens with one attached hydrogen (secondary N) is 1. The van der Waals surface area contributed by atoms with Crippen LogP contribution >= 0.6 is 23.2 Å². The number of H-pyrrole nitrogens is 1. The molecule has 28 heavy (non-hydrogen) atoms. The summed E-state index contributed by atoms with van der Waals surface area (Å²) in [7, 11) is 0. The maximum atomic E-state index is 11.9. The summed E-state index contributed by atoms with van der Waals surface area (Å²) < 4.78 is 5.32. The first kappa shape index (κ1) is 20.4. The second kappa shape index (κ2) is 9.76. The molecule has 0 aliphatic heterocycles. The third-order valence-corrected chi connectivity index (χ3v) is 5.39. The van der Waals surface area contributed by atoms with Crippen LogP contribution in [0.25, 0.3) is 0 Å². The van der Waals surface area contributed by atoms with E-state index in [9.17, 15) is 4.79 Å². The van der Waals surface area contributed by atoms with Crippen LogP contribution in [-0.4, -0.2) is 22.5 Å². The molecule has 1 aromatic heterocycles. The van der Waals surface area contributed by atoms with Crippen molar-refractivity contribution in [2.45, 2.75) is 31.6 Å². The molecule has 3 rings (SSSR count). The molecule has 0 spiro atoms.